The minimum atomic E-state index is 0. The van der Waals surface area contributed by atoms with Crippen molar-refractivity contribution in [3.8, 4) is 5.75 Å². The van der Waals surface area contributed by atoms with E-state index in [4.69, 9.17) is 16.3 Å². The molecule has 3 rings (SSSR count). The van der Waals surface area contributed by atoms with Crippen molar-refractivity contribution in [2.45, 2.75) is 25.9 Å². The third kappa shape index (κ3) is 3.34. The lowest BCUT2D eigenvalue weighted by atomic mass is 10.1. The molecule has 1 N–H and O–H groups in total. The molecule has 0 aromatic heterocycles. The van der Waals surface area contributed by atoms with Crippen LogP contribution in [-0.4, -0.2) is 37.2 Å². The number of piperazine rings is 1. The molecule has 106 valence electrons. The van der Waals surface area contributed by atoms with Crippen LogP contribution in [-0.2, 0) is 13.0 Å². The predicted octanol–water partition coefficient (Wildman–Crippen LogP) is 2.49. The van der Waals surface area contributed by atoms with Gasteiger partial charge in [0.2, 0.25) is 0 Å². The van der Waals surface area contributed by atoms with Crippen LogP contribution in [0.2, 0.25) is 5.02 Å². The maximum absolute atomic E-state index is 6.19. The lowest BCUT2D eigenvalue weighted by Gasteiger charge is -2.32. The molecule has 0 aliphatic carbocycles. The Morgan fingerprint density at radius 2 is 2.32 bits per heavy atom. The normalized spacial score (nSPS) is 22.5. The van der Waals surface area contributed by atoms with E-state index in [0.29, 0.717) is 6.04 Å². The number of halogens is 2. The summed E-state index contributed by atoms with van der Waals surface area (Å²) in [5, 5.41) is 4.29. The number of hydrogen-bond donors (Lipinski definition) is 1. The molecule has 2 aliphatic rings. The first-order valence-electron chi connectivity index (χ1n) is 6.62. The third-order valence-corrected chi connectivity index (χ3v) is 3.89. The first kappa shape index (κ1) is 14.9. The molecule has 2 aliphatic heterocycles. The fraction of sp³-hybridized carbons (Fsp3) is 0.571. The van der Waals surface area contributed by atoms with Gasteiger partial charge in [-0.1, -0.05) is 11.6 Å². The van der Waals surface area contributed by atoms with Crippen LogP contribution in [0.5, 0.6) is 5.75 Å². The Labute approximate surface area is 125 Å². The molecule has 3 nitrogen and oxygen atoms in total. The summed E-state index contributed by atoms with van der Waals surface area (Å²) < 4.78 is 5.75. The van der Waals surface area contributed by atoms with Crippen molar-refractivity contribution in [1.82, 2.24) is 10.2 Å². The molecule has 0 saturated carbocycles. The van der Waals surface area contributed by atoms with Gasteiger partial charge in [0.25, 0.3) is 0 Å². The average molecular weight is 303 g/mol. The van der Waals surface area contributed by atoms with Crippen molar-refractivity contribution in [1.29, 1.82) is 0 Å². The van der Waals surface area contributed by atoms with E-state index in [1.165, 1.54) is 11.1 Å². The van der Waals surface area contributed by atoms with Crippen molar-refractivity contribution >= 4 is 24.0 Å². The third-order valence-electron chi connectivity index (χ3n) is 3.67. The number of nitrogens with zero attached hydrogens (tertiary/aromatic N) is 1. The van der Waals surface area contributed by atoms with Gasteiger partial charge >= 0.3 is 0 Å². The lowest BCUT2D eigenvalue weighted by molar-refractivity contribution is 0.197. The van der Waals surface area contributed by atoms with Gasteiger partial charge in [0.15, 0.2) is 0 Å². The van der Waals surface area contributed by atoms with E-state index in [9.17, 15) is 0 Å². The maximum atomic E-state index is 6.19. The monoisotopic (exact) mass is 302 g/mol. The molecule has 19 heavy (non-hydrogen) atoms. The van der Waals surface area contributed by atoms with Crippen LogP contribution >= 0.6 is 24.0 Å². The zero-order valence-electron chi connectivity index (χ0n) is 11.1. The summed E-state index contributed by atoms with van der Waals surface area (Å²) in [6, 6.07) is 4.65. The van der Waals surface area contributed by atoms with Crippen molar-refractivity contribution in [2.24, 2.45) is 0 Å². The number of ether oxygens (including phenoxy) is 1. The van der Waals surface area contributed by atoms with Crippen LogP contribution in [0.1, 0.15) is 18.1 Å². The van der Waals surface area contributed by atoms with E-state index in [1.807, 2.05) is 6.07 Å². The molecule has 1 saturated heterocycles. The van der Waals surface area contributed by atoms with Crippen LogP contribution in [0.15, 0.2) is 12.1 Å². The second-order valence-corrected chi connectivity index (χ2v) is 5.68. The summed E-state index contributed by atoms with van der Waals surface area (Å²) >= 11 is 6.19. The summed E-state index contributed by atoms with van der Waals surface area (Å²) in [6.45, 7) is 7.19. The topological polar surface area (TPSA) is 24.5 Å². The Balaban J connectivity index is 0.00000133. The number of fused-ring (bicyclic) bond motifs is 1. The van der Waals surface area contributed by atoms with Crippen molar-refractivity contribution in [3.63, 3.8) is 0 Å². The fourth-order valence-electron chi connectivity index (χ4n) is 2.86. The van der Waals surface area contributed by atoms with Crippen molar-refractivity contribution in [3.05, 3.63) is 28.3 Å². The Morgan fingerprint density at radius 3 is 3.11 bits per heavy atom. The van der Waals surface area contributed by atoms with Crippen LogP contribution in [0.4, 0.5) is 0 Å². The predicted molar refractivity (Wildman–Crippen MR) is 80.6 cm³/mol. The van der Waals surface area contributed by atoms with E-state index < -0.39 is 0 Å². The minimum absolute atomic E-state index is 0. The van der Waals surface area contributed by atoms with Gasteiger partial charge < -0.3 is 10.1 Å². The Kier molecular flexibility index (Phi) is 4.96. The summed E-state index contributed by atoms with van der Waals surface area (Å²) in [6.07, 6.45) is 0.987. The van der Waals surface area contributed by atoms with Gasteiger partial charge in [-0.25, -0.2) is 0 Å². The highest BCUT2D eigenvalue weighted by Gasteiger charge is 2.21. The average Bonchev–Trinajstić information content (AvgIpc) is 2.77. The summed E-state index contributed by atoms with van der Waals surface area (Å²) in [4.78, 5) is 2.47. The maximum Gasteiger partial charge on any atom is 0.127 e. The van der Waals surface area contributed by atoms with E-state index >= 15 is 0 Å². The molecule has 0 radical (unpaired) electrons. The molecule has 1 fully saturated rings. The molecule has 0 bridgehead atoms. The second kappa shape index (κ2) is 6.31. The molecule has 5 heteroatoms. The van der Waals surface area contributed by atoms with Crippen LogP contribution in [0.25, 0.3) is 0 Å². The molecule has 1 atom stereocenters. The van der Waals surface area contributed by atoms with E-state index in [-0.39, 0.29) is 12.4 Å². The summed E-state index contributed by atoms with van der Waals surface area (Å²) in [5.74, 6) is 1.07. The zero-order valence-corrected chi connectivity index (χ0v) is 12.7. The lowest BCUT2D eigenvalue weighted by Crippen LogP contribution is -2.48. The number of nitrogens with one attached hydrogen (secondary N) is 1. The largest absolute Gasteiger partial charge is 0.493 e. The Hall–Kier alpha value is -0.480. The van der Waals surface area contributed by atoms with Crippen LogP contribution in [0, 0.1) is 0 Å². The SMILES string of the molecule is C[C@H]1CN(Cc2cc(Cl)cc3c2OCC3)CCN1.Cl. The van der Waals surface area contributed by atoms with Crippen molar-refractivity contribution in [2.75, 3.05) is 26.2 Å². The number of benzene rings is 1. The Bertz CT molecular complexity index is 453. The molecule has 1 aromatic carbocycles. The van der Waals surface area contributed by atoms with Crippen LogP contribution < -0.4 is 10.1 Å². The van der Waals surface area contributed by atoms with Gasteiger partial charge in [-0.05, 0) is 24.6 Å². The standard InChI is InChI=1S/C14H19ClN2O.ClH/c1-10-8-17(4-3-16-10)9-12-7-13(15)6-11-2-5-18-14(11)12;/h6-7,10,16H,2-5,8-9H2,1H3;1H/t10-;/m0./s1. The number of hydrogen-bond acceptors (Lipinski definition) is 3. The zero-order chi connectivity index (χ0) is 12.5. The summed E-state index contributed by atoms with van der Waals surface area (Å²) in [5.41, 5.74) is 2.50. The first-order valence-corrected chi connectivity index (χ1v) is 7.00. The van der Waals surface area contributed by atoms with Gasteiger partial charge in [0.1, 0.15) is 5.75 Å². The van der Waals surface area contributed by atoms with Gasteiger partial charge in [-0.3, -0.25) is 4.90 Å². The highest BCUT2D eigenvalue weighted by molar-refractivity contribution is 6.30. The molecular formula is C14H20Cl2N2O. The fourth-order valence-corrected chi connectivity index (χ4v) is 3.12. The highest BCUT2D eigenvalue weighted by Crippen LogP contribution is 2.33. The van der Waals surface area contributed by atoms with E-state index in [0.717, 1.165) is 50.0 Å². The number of rotatable bonds is 2. The molecule has 1 aromatic rings. The first-order chi connectivity index (χ1) is 8.72. The molecular weight excluding hydrogens is 283 g/mol. The molecule has 0 spiro atoms. The second-order valence-electron chi connectivity index (χ2n) is 5.24. The highest BCUT2D eigenvalue weighted by atomic mass is 35.5. The van der Waals surface area contributed by atoms with Gasteiger partial charge in [-0.15, -0.1) is 12.4 Å². The smallest absolute Gasteiger partial charge is 0.127 e. The molecule has 2 heterocycles. The van der Waals surface area contributed by atoms with Gasteiger partial charge in [-0.2, -0.15) is 0 Å². The Morgan fingerprint density at radius 1 is 1.47 bits per heavy atom. The quantitative estimate of drug-likeness (QED) is 0.908. The molecule has 0 amide bonds. The van der Waals surface area contributed by atoms with Gasteiger partial charge in [0, 0.05) is 49.2 Å². The van der Waals surface area contributed by atoms with E-state index in [2.05, 4.69) is 23.2 Å². The van der Waals surface area contributed by atoms with E-state index in [1.54, 1.807) is 0 Å². The summed E-state index contributed by atoms with van der Waals surface area (Å²) in [7, 11) is 0. The molecule has 0 unspecified atom stereocenters. The minimum Gasteiger partial charge on any atom is -0.493 e. The van der Waals surface area contributed by atoms with Crippen molar-refractivity contribution < 1.29 is 4.74 Å². The van der Waals surface area contributed by atoms with Crippen LogP contribution in [0.3, 0.4) is 0 Å². The van der Waals surface area contributed by atoms with Gasteiger partial charge in [0.05, 0.1) is 6.61 Å².